The van der Waals surface area contributed by atoms with Gasteiger partial charge < -0.3 is 10.1 Å². The van der Waals surface area contributed by atoms with Crippen LogP contribution in [0.2, 0.25) is 0 Å². The number of benzene rings is 1. The van der Waals surface area contributed by atoms with Crippen LogP contribution in [0.3, 0.4) is 0 Å². The third-order valence-electron chi connectivity index (χ3n) is 3.65. The summed E-state index contributed by atoms with van der Waals surface area (Å²) in [6.45, 7) is 7.52. The lowest BCUT2D eigenvalue weighted by atomic mass is 10.0. The topological polar surface area (TPSA) is 38.3 Å². The molecule has 1 aromatic carbocycles. The van der Waals surface area contributed by atoms with Crippen LogP contribution >= 0.6 is 0 Å². The monoisotopic (exact) mass is 261 g/mol. The Morgan fingerprint density at radius 3 is 2.74 bits per heavy atom. The molecule has 1 N–H and O–H groups in total. The summed E-state index contributed by atoms with van der Waals surface area (Å²) >= 11 is 0. The highest BCUT2D eigenvalue weighted by molar-refractivity contribution is 5.81. The van der Waals surface area contributed by atoms with Crippen molar-refractivity contribution >= 4 is 5.91 Å². The Hall–Kier alpha value is -1.51. The summed E-state index contributed by atoms with van der Waals surface area (Å²) in [7, 11) is 0. The second-order valence-electron chi connectivity index (χ2n) is 5.65. The lowest BCUT2D eigenvalue weighted by Gasteiger charge is -2.14. The number of nitrogens with one attached hydrogen (secondary N) is 1. The van der Waals surface area contributed by atoms with Gasteiger partial charge in [-0.3, -0.25) is 4.79 Å². The molecule has 0 saturated heterocycles. The molecule has 104 valence electrons. The predicted octanol–water partition coefficient (Wildman–Crippen LogP) is 2.96. The minimum Gasteiger partial charge on any atom is -0.491 e. The largest absolute Gasteiger partial charge is 0.491 e. The molecule has 0 aromatic heterocycles. The predicted molar refractivity (Wildman–Crippen MR) is 76.3 cm³/mol. The number of para-hydroxylation sites is 1. The highest BCUT2D eigenvalue weighted by atomic mass is 16.5. The van der Waals surface area contributed by atoms with Gasteiger partial charge in [-0.05, 0) is 29.9 Å². The molecule has 1 aliphatic rings. The molecular weight excluding hydrogens is 238 g/mol. The Kier molecular flexibility index (Phi) is 4.46. The van der Waals surface area contributed by atoms with E-state index in [0.29, 0.717) is 25.0 Å². The lowest BCUT2D eigenvalue weighted by Crippen LogP contribution is -2.29. The number of hydrogen-bond donors (Lipinski definition) is 1. The van der Waals surface area contributed by atoms with E-state index in [9.17, 15) is 4.79 Å². The second kappa shape index (κ2) is 6.09. The van der Waals surface area contributed by atoms with Gasteiger partial charge in [0.1, 0.15) is 12.4 Å². The van der Waals surface area contributed by atoms with Gasteiger partial charge >= 0.3 is 0 Å². The Balaban J connectivity index is 1.75. The first-order valence-electron chi connectivity index (χ1n) is 7.09. The van der Waals surface area contributed by atoms with Crippen LogP contribution in [0.25, 0.3) is 0 Å². The van der Waals surface area contributed by atoms with Crippen molar-refractivity contribution in [2.75, 3.05) is 13.2 Å². The lowest BCUT2D eigenvalue weighted by molar-refractivity contribution is -0.122. The van der Waals surface area contributed by atoms with E-state index < -0.39 is 0 Å². The minimum atomic E-state index is 0.174. The summed E-state index contributed by atoms with van der Waals surface area (Å²) in [6.07, 6.45) is 1.03. The number of carbonyl (C=O) groups excluding carboxylic acids is 1. The van der Waals surface area contributed by atoms with Crippen molar-refractivity contribution < 1.29 is 9.53 Å². The SMILES string of the molecule is CC(C)c1ccccc1OCCNC(=O)[C@@H]1C[C@H]1C. The molecule has 3 heteroatoms. The average molecular weight is 261 g/mol. The fraction of sp³-hybridized carbons (Fsp3) is 0.562. The van der Waals surface area contributed by atoms with E-state index in [4.69, 9.17) is 4.74 Å². The summed E-state index contributed by atoms with van der Waals surface area (Å²) in [4.78, 5) is 11.6. The van der Waals surface area contributed by atoms with E-state index in [0.717, 1.165) is 12.2 Å². The van der Waals surface area contributed by atoms with Gasteiger partial charge in [0.15, 0.2) is 0 Å². The maximum Gasteiger partial charge on any atom is 0.223 e. The summed E-state index contributed by atoms with van der Waals surface area (Å²) < 4.78 is 5.76. The number of ether oxygens (including phenoxy) is 1. The van der Waals surface area contributed by atoms with Gasteiger partial charge in [0.25, 0.3) is 0 Å². The van der Waals surface area contributed by atoms with Gasteiger partial charge in [0.05, 0.1) is 6.54 Å². The zero-order valence-corrected chi connectivity index (χ0v) is 12.0. The summed E-state index contributed by atoms with van der Waals surface area (Å²) in [5.41, 5.74) is 1.21. The molecule has 0 spiro atoms. The molecule has 0 unspecified atom stereocenters. The van der Waals surface area contributed by atoms with Gasteiger partial charge in [0, 0.05) is 5.92 Å². The Bertz CT molecular complexity index is 442. The molecule has 1 amide bonds. The zero-order valence-electron chi connectivity index (χ0n) is 12.0. The first-order chi connectivity index (χ1) is 9.09. The van der Waals surface area contributed by atoms with Crippen molar-refractivity contribution in [3.63, 3.8) is 0 Å². The molecule has 19 heavy (non-hydrogen) atoms. The third-order valence-corrected chi connectivity index (χ3v) is 3.65. The van der Waals surface area contributed by atoms with Crippen LogP contribution in [0, 0.1) is 11.8 Å². The van der Waals surface area contributed by atoms with Crippen LogP contribution in [0.4, 0.5) is 0 Å². The normalized spacial score (nSPS) is 21.3. The fourth-order valence-corrected chi connectivity index (χ4v) is 2.24. The number of amides is 1. The van der Waals surface area contributed by atoms with Crippen LogP contribution in [0.1, 0.15) is 38.7 Å². The Labute approximate surface area is 115 Å². The van der Waals surface area contributed by atoms with Gasteiger partial charge in [-0.2, -0.15) is 0 Å². The molecule has 1 saturated carbocycles. The van der Waals surface area contributed by atoms with Gasteiger partial charge in [-0.1, -0.05) is 39.0 Å². The molecule has 1 aromatic rings. The Morgan fingerprint density at radius 1 is 1.42 bits per heavy atom. The fourth-order valence-electron chi connectivity index (χ4n) is 2.24. The van der Waals surface area contributed by atoms with E-state index in [2.05, 4.69) is 32.2 Å². The molecule has 2 atom stereocenters. The molecule has 0 bridgehead atoms. The van der Waals surface area contributed by atoms with Crippen LogP contribution < -0.4 is 10.1 Å². The van der Waals surface area contributed by atoms with Gasteiger partial charge in [0.2, 0.25) is 5.91 Å². The maximum atomic E-state index is 11.6. The summed E-state index contributed by atoms with van der Waals surface area (Å²) in [5.74, 6) is 2.34. The number of rotatable bonds is 6. The first-order valence-corrected chi connectivity index (χ1v) is 7.09. The van der Waals surface area contributed by atoms with Crippen molar-refractivity contribution in [2.24, 2.45) is 11.8 Å². The van der Waals surface area contributed by atoms with E-state index in [1.807, 2.05) is 18.2 Å². The minimum absolute atomic E-state index is 0.174. The third kappa shape index (κ3) is 3.72. The van der Waals surface area contributed by atoms with E-state index in [-0.39, 0.29) is 11.8 Å². The van der Waals surface area contributed by atoms with Crippen LogP contribution in [-0.2, 0) is 4.79 Å². The smallest absolute Gasteiger partial charge is 0.223 e. The molecule has 3 nitrogen and oxygen atoms in total. The molecule has 0 aliphatic heterocycles. The van der Waals surface area contributed by atoms with Crippen LogP contribution in [0.15, 0.2) is 24.3 Å². The second-order valence-corrected chi connectivity index (χ2v) is 5.65. The zero-order chi connectivity index (χ0) is 13.8. The summed E-state index contributed by atoms with van der Waals surface area (Å²) in [6, 6.07) is 8.08. The standard InChI is InChI=1S/C16H23NO2/c1-11(2)13-6-4-5-7-15(13)19-9-8-17-16(18)14-10-12(14)3/h4-7,11-12,14H,8-10H2,1-3H3,(H,17,18)/t12-,14-/m1/s1. The van der Waals surface area contributed by atoms with Crippen molar-refractivity contribution in [2.45, 2.75) is 33.1 Å². The first kappa shape index (κ1) is 13.9. The average Bonchev–Trinajstić information content (AvgIpc) is 3.12. The molecule has 2 rings (SSSR count). The van der Waals surface area contributed by atoms with Crippen LogP contribution in [-0.4, -0.2) is 19.1 Å². The van der Waals surface area contributed by atoms with E-state index in [1.165, 1.54) is 5.56 Å². The van der Waals surface area contributed by atoms with Crippen LogP contribution in [0.5, 0.6) is 5.75 Å². The molecule has 0 radical (unpaired) electrons. The Morgan fingerprint density at radius 2 is 2.11 bits per heavy atom. The van der Waals surface area contributed by atoms with Crippen molar-refractivity contribution in [3.8, 4) is 5.75 Å². The van der Waals surface area contributed by atoms with Crippen molar-refractivity contribution in [1.82, 2.24) is 5.32 Å². The van der Waals surface area contributed by atoms with E-state index in [1.54, 1.807) is 0 Å². The molecule has 1 fully saturated rings. The molecule has 0 heterocycles. The van der Waals surface area contributed by atoms with Crippen molar-refractivity contribution in [1.29, 1.82) is 0 Å². The number of hydrogen-bond acceptors (Lipinski definition) is 2. The summed E-state index contributed by atoms with van der Waals surface area (Å²) in [5, 5.41) is 2.93. The highest BCUT2D eigenvalue weighted by Gasteiger charge is 2.38. The quantitative estimate of drug-likeness (QED) is 0.800. The molecule has 1 aliphatic carbocycles. The molecular formula is C16H23NO2. The number of carbonyl (C=O) groups is 1. The van der Waals surface area contributed by atoms with E-state index >= 15 is 0 Å². The maximum absolute atomic E-state index is 11.6. The van der Waals surface area contributed by atoms with Crippen molar-refractivity contribution in [3.05, 3.63) is 29.8 Å². The highest BCUT2D eigenvalue weighted by Crippen LogP contribution is 2.37. The van der Waals surface area contributed by atoms with Gasteiger partial charge in [-0.15, -0.1) is 0 Å². The van der Waals surface area contributed by atoms with Gasteiger partial charge in [-0.25, -0.2) is 0 Å².